The zero-order valence-electron chi connectivity index (χ0n) is 18.4. The molecule has 1 aliphatic rings. The largest absolute Gasteiger partial charge is 0.490 e. The van der Waals surface area contributed by atoms with Crippen LogP contribution in [0.2, 0.25) is 5.02 Å². The molecule has 4 rings (SSSR count). The first kappa shape index (κ1) is 25.5. The van der Waals surface area contributed by atoms with Gasteiger partial charge in [-0.15, -0.1) is 0 Å². The maximum absolute atomic E-state index is 12.7. The number of phosphoric ester groups is 1. The minimum Gasteiger partial charge on any atom is -0.490 e. The van der Waals surface area contributed by atoms with Crippen molar-refractivity contribution in [3.63, 3.8) is 0 Å². The Labute approximate surface area is 203 Å². The maximum atomic E-state index is 12.7. The fourth-order valence-electron chi connectivity index (χ4n) is 3.83. The number of aromatic nitrogens is 4. The second kappa shape index (κ2) is 10.2. The molecule has 1 saturated heterocycles. The molecule has 14 nitrogen and oxygen atoms in total. The average molecular weight is 533 g/mol. The number of aliphatic hydroxyl groups is 1. The molecule has 190 valence electrons. The van der Waals surface area contributed by atoms with E-state index in [-0.39, 0.29) is 30.3 Å². The van der Waals surface area contributed by atoms with Crippen LogP contribution in [0.1, 0.15) is 6.23 Å². The van der Waals surface area contributed by atoms with Gasteiger partial charge in [-0.3, -0.25) is 18.9 Å². The van der Waals surface area contributed by atoms with Crippen molar-refractivity contribution in [3.05, 3.63) is 46.0 Å². The Morgan fingerprint density at radius 3 is 2.71 bits per heavy atom. The van der Waals surface area contributed by atoms with E-state index in [0.717, 1.165) is 0 Å². The molecule has 0 saturated carbocycles. The van der Waals surface area contributed by atoms with Gasteiger partial charge >= 0.3 is 13.5 Å². The molecule has 6 N–H and O–H groups in total. The van der Waals surface area contributed by atoms with Crippen LogP contribution in [-0.4, -0.2) is 68.1 Å². The summed E-state index contributed by atoms with van der Waals surface area (Å²) >= 11 is 5.88. The van der Waals surface area contributed by atoms with Crippen LogP contribution in [0.5, 0.6) is 5.75 Å². The number of rotatable bonds is 9. The summed E-state index contributed by atoms with van der Waals surface area (Å²) in [5.41, 5.74) is 5.56. The minimum atomic E-state index is -4.79. The number of imidazole rings is 1. The van der Waals surface area contributed by atoms with Crippen molar-refractivity contribution in [2.24, 2.45) is 0 Å². The third-order valence-electron chi connectivity index (χ3n) is 5.37. The van der Waals surface area contributed by atoms with Gasteiger partial charge in [-0.2, -0.15) is 0 Å². The number of H-pyrrole nitrogens is 1. The Kier molecular flexibility index (Phi) is 7.45. The van der Waals surface area contributed by atoms with E-state index in [1.807, 2.05) is 0 Å². The van der Waals surface area contributed by atoms with E-state index in [1.54, 1.807) is 28.8 Å². The molecule has 1 aliphatic heterocycles. The van der Waals surface area contributed by atoms with Crippen LogP contribution in [0, 0.1) is 0 Å². The number of nitrogen functional groups attached to an aromatic ring is 1. The van der Waals surface area contributed by atoms with E-state index in [9.17, 15) is 14.5 Å². The lowest BCUT2D eigenvalue weighted by atomic mass is 10.1. The monoisotopic (exact) mass is 532 g/mol. The number of methoxy groups -OCH3 is 1. The molecule has 1 fully saturated rings. The first-order chi connectivity index (χ1) is 16.6. The van der Waals surface area contributed by atoms with Crippen LogP contribution < -0.4 is 20.6 Å². The second-order valence-corrected chi connectivity index (χ2v) is 9.36. The van der Waals surface area contributed by atoms with Gasteiger partial charge in [-0.05, 0) is 24.3 Å². The number of benzene rings is 1. The number of nitrogens with one attached hydrogen (secondary N) is 1. The van der Waals surface area contributed by atoms with Gasteiger partial charge < -0.3 is 34.8 Å². The highest BCUT2D eigenvalue weighted by molar-refractivity contribution is 7.46. The number of nitrogens with zero attached hydrogens (tertiary/aromatic N) is 3. The van der Waals surface area contributed by atoms with E-state index in [4.69, 9.17) is 41.3 Å². The Balaban J connectivity index is 1.63. The number of fused-ring (bicyclic) bond motifs is 1. The number of hydrogen-bond donors (Lipinski definition) is 5. The van der Waals surface area contributed by atoms with Gasteiger partial charge in [0.25, 0.3) is 11.5 Å². The molecule has 3 aromatic rings. The maximum Gasteiger partial charge on any atom is 0.469 e. The summed E-state index contributed by atoms with van der Waals surface area (Å²) in [6.45, 7) is -0.166. The predicted molar refractivity (Wildman–Crippen MR) is 121 cm³/mol. The number of nitrogens with two attached hydrogens (primary N) is 1. The summed E-state index contributed by atoms with van der Waals surface area (Å²) in [7, 11) is -3.45. The smallest absolute Gasteiger partial charge is 0.469 e. The molecular weight excluding hydrogens is 509 g/mol. The number of phosphoric acid groups is 1. The van der Waals surface area contributed by atoms with Crippen molar-refractivity contribution in [1.82, 2.24) is 14.5 Å². The lowest BCUT2D eigenvalue weighted by Gasteiger charge is -2.17. The van der Waals surface area contributed by atoms with Crippen molar-refractivity contribution in [2.75, 3.05) is 26.1 Å². The fourth-order valence-corrected chi connectivity index (χ4v) is 4.29. The summed E-state index contributed by atoms with van der Waals surface area (Å²) in [4.78, 5) is 37.4. The molecule has 0 unspecified atom stereocenters. The van der Waals surface area contributed by atoms with Crippen LogP contribution >= 0.6 is 19.4 Å². The van der Waals surface area contributed by atoms with Crippen molar-refractivity contribution < 1.29 is 42.8 Å². The third-order valence-corrected chi connectivity index (χ3v) is 6.11. The first-order valence-electron chi connectivity index (χ1n) is 10.3. The molecule has 1 aromatic carbocycles. The zero-order chi connectivity index (χ0) is 25.3. The summed E-state index contributed by atoms with van der Waals surface area (Å²) in [6.07, 6.45) is -2.88. The lowest BCUT2D eigenvalue weighted by Crippen LogP contribution is -2.47. The molecule has 0 bridgehead atoms. The van der Waals surface area contributed by atoms with Gasteiger partial charge in [0.15, 0.2) is 6.33 Å². The van der Waals surface area contributed by atoms with Crippen LogP contribution in [0.4, 0.5) is 5.95 Å². The average Bonchev–Trinajstić information content (AvgIpc) is 3.30. The molecule has 2 aromatic heterocycles. The lowest BCUT2D eigenvalue weighted by molar-refractivity contribution is -0.746. The zero-order valence-corrected chi connectivity index (χ0v) is 20.0. The van der Waals surface area contributed by atoms with Crippen molar-refractivity contribution in [1.29, 1.82) is 0 Å². The number of aliphatic hydroxyl groups excluding tert-OH is 1. The molecule has 35 heavy (non-hydrogen) atoms. The van der Waals surface area contributed by atoms with Crippen LogP contribution in [-0.2, 0) is 25.1 Å². The summed E-state index contributed by atoms with van der Waals surface area (Å²) < 4.78 is 35.5. The highest BCUT2D eigenvalue weighted by atomic mass is 35.5. The number of halogens is 1. The van der Waals surface area contributed by atoms with Gasteiger partial charge in [-0.1, -0.05) is 16.6 Å². The van der Waals surface area contributed by atoms with E-state index in [0.29, 0.717) is 10.8 Å². The van der Waals surface area contributed by atoms with E-state index in [1.165, 1.54) is 18.0 Å². The Morgan fingerprint density at radius 1 is 1.34 bits per heavy atom. The standard InChI is InChI=1S/C19H23ClN5O9P/c1-31-15-14(26)12(8-33-35(28,29)30)34-18(15)25-9-24(13-16(25)22-19(21)23-17(13)27)6-7-32-11-4-2-10(20)3-5-11/h2-5,9,12,14-15,18,26H,6-8H2,1H3,(H4-,21,22,23,27,28,29,30)/p+1/t12-,14-,15-,18-/m0/s1. The topological polar surface area (TPSA) is 195 Å². The summed E-state index contributed by atoms with van der Waals surface area (Å²) in [6, 6.07) is 6.80. The van der Waals surface area contributed by atoms with Crippen LogP contribution in [0.3, 0.4) is 0 Å². The molecule has 0 aliphatic carbocycles. The van der Waals surface area contributed by atoms with Gasteiger partial charge in [0.1, 0.15) is 37.2 Å². The number of aromatic amines is 1. The van der Waals surface area contributed by atoms with Gasteiger partial charge in [0.05, 0.1) is 6.61 Å². The van der Waals surface area contributed by atoms with Crippen molar-refractivity contribution in [3.8, 4) is 5.75 Å². The van der Waals surface area contributed by atoms with Crippen molar-refractivity contribution in [2.45, 2.75) is 31.1 Å². The predicted octanol–water partition coefficient (Wildman–Crippen LogP) is -0.291. The molecule has 0 radical (unpaired) electrons. The van der Waals surface area contributed by atoms with Gasteiger partial charge in [0.2, 0.25) is 11.7 Å². The molecule has 16 heteroatoms. The SMILES string of the molecule is CO[C@H]1[C@@H](O)[C@H](COP(=O)(O)O)O[C@@H]1[n+]1cn(CCOc2ccc(Cl)cc2)c2c(=O)[nH]c(N)nc21. The Hall–Kier alpha value is -2.55. The Bertz CT molecular complexity index is 1290. The highest BCUT2D eigenvalue weighted by Crippen LogP contribution is 2.38. The molecule has 0 amide bonds. The fraction of sp³-hybridized carbons (Fsp3) is 0.421. The van der Waals surface area contributed by atoms with E-state index < -0.39 is 44.5 Å². The number of hydrogen-bond acceptors (Lipinski definition) is 9. The Morgan fingerprint density at radius 2 is 2.06 bits per heavy atom. The summed E-state index contributed by atoms with van der Waals surface area (Å²) in [5, 5.41) is 11.2. The number of anilines is 1. The second-order valence-electron chi connectivity index (χ2n) is 7.68. The quantitative estimate of drug-likeness (QED) is 0.179. The molecular formula is C19H24ClN5O9P+. The number of ether oxygens (including phenoxy) is 3. The molecule has 0 spiro atoms. The van der Waals surface area contributed by atoms with Crippen molar-refractivity contribution >= 4 is 36.5 Å². The molecule has 3 heterocycles. The third kappa shape index (κ3) is 5.66. The minimum absolute atomic E-state index is 0.139. The molecule has 4 atom stereocenters. The van der Waals surface area contributed by atoms with E-state index in [2.05, 4.69) is 14.5 Å². The normalized spacial score (nSPS) is 22.7. The van der Waals surface area contributed by atoms with Gasteiger partial charge in [0, 0.05) is 12.1 Å². The van der Waals surface area contributed by atoms with Crippen LogP contribution in [0.15, 0.2) is 35.4 Å². The van der Waals surface area contributed by atoms with Crippen LogP contribution in [0.25, 0.3) is 11.2 Å². The van der Waals surface area contributed by atoms with Gasteiger partial charge in [-0.25, -0.2) is 9.13 Å². The highest BCUT2D eigenvalue weighted by Gasteiger charge is 2.49. The van der Waals surface area contributed by atoms with E-state index >= 15 is 0 Å². The first-order valence-corrected chi connectivity index (χ1v) is 12.2. The summed E-state index contributed by atoms with van der Waals surface area (Å²) in [5.74, 6) is 0.449.